The number of furan rings is 1. The molecule has 2 heterocycles. The van der Waals surface area contributed by atoms with Crippen molar-refractivity contribution in [3.8, 4) is 0 Å². The predicted octanol–water partition coefficient (Wildman–Crippen LogP) is 3.15. The number of carbonyl (C=O) groups excluding carboxylic acids is 1. The van der Waals surface area contributed by atoms with Crippen molar-refractivity contribution < 1.29 is 9.21 Å². The Balaban J connectivity index is 1.73. The molecule has 0 aliphatic rings. The fourth-order valence-electron chi connectivity index (χ4n) is 2.44. The lowest BCUT2D eigenvalue weighted by Crippen LogP contribution is -2.16. The van der Waals surface area contributed by atoms with Crippen LogP contribution in [0.15, 0.2) is 53.3 Å². The lowest BCUT2D eigenvalue weighted by atomic mass is 10.2. The summed E-state index contributed by atoms with van der Waals surface area (Å²) in [4.78, 5) is 14.4. The Hall–Kier alpha value is -3.02. The van der Waals surface area contributed by atoms with E-state index >= 15 is 0 Å². The van der Waals surface area contributed by atoms with Crippen molar-refractivity contribution in [1.82, 2.24) is 9.78 Å². The van der Waals surface area contributed by atoms with Crippen LogP contribution in [0.3, 0.4) is 0 Å². The van der Waals surface area contributed by atoms with Gasteiger partial charge >= 0.3 is 0 Å². The zero-order valence-corrected chi connectivity index (χ0v) is 14.0. The highest BCUT2D eigenvalue weighted by Gasteiger charge is 2.14. The van der Waals surface area contributed by atoms with Crippen LogP contribution in [0.1, 0.15) is 21.7 Å². The van der Waals surface area contributed by atoms with Gasteiger partial charge in [-0.05, 0) is 30.7 Å². The van der Waals surface area contributed by atoms with Crippen LogP contribution in [-0.2, 0) is 6.54 Å². The van der Waals surface area contributed by atoms with Gasteiger partial charge in [-0.1, -0.05) is 12.1 Å². The predicted molar refractivity (Wildman–Crippen MR) is 93.5 cm³/mol. The van der Waals surface area contributed by atoms with E-state index in [1.807, 2.05) is 14.1 Å². The van der Waals surface area contributed by atoms with Crippen molar-refractivity contribution >= 4 is 17.4 Å². The number of carbonyl (C=O) groups is 1. The molecular formula is C18H20N4O2. The molecule has 0 fully saturated rings. The van der Waals surface area contributed by atoms with Gasteiger partial charge in [0.1, 0.15) is 11.6 Å². The molecule has 1 amide bonds. The molecule has 6 nitrogen and oxygen atoms in total. The highest BCUT2D eigenvalue weighted by molar-refractivity contribution is 6.04. The van der Waals surface area contributed by atoms with Crippen LogP contribution >= 0.6 is 0 Å². The fourth-order valence-corrected chi connectivity index (χ4v) is 2.44. The van der Waals surface area contributed by atoms with Crippen LogP contribution in [0.5, 0.6) is 0 Å². The van der Waals surface area contributed by atoms with E-state index in [-0.39, 0.29) is 5.91 Å². The lowest BCUT2D eigenvalue weighted by Gasteiger charge is -2.13. The Morgan fingerprint density at radius 1 is 1.21 bits per heavy atom. The smallest absolute Gasteiger partial charge is 0.260 e. The van der Waals surface area contributed by atoms with Crippen LogP contribution in [0.25, 0.3) is 0 Å². The molecule has 1 N–H and O–H groups in total. The second kappa shape index (κ2) is 6.62. The number of nitrogens with zero attached hydrogens (tertiary/aromatic N) is 3. The second-order valence-electron chi connectivity index (χ2n) is 5.78. The van der Waals surface area contributed by atoms with Crippen LogP contribution in [0.4, 0.5) is 11.5 Å². The summed E-state index contributed by atoms with van der Waals surface area (Å²) in [7, 11) is 4.02. The maximum atomic E-state index is 12.3. The van der Waals surface area contributed by atoms with E-state index in [2.05, 4.69) is 39.6 Å². The van der Waals surface area contributed by atoms with E-state index in [4.69, 9.17) is 4.42 Å². The minimum absolute atomic E-state index is 0.203. The summed E-state index contributed by atoms with van der Waals surface area (Å²) in [5.41, 5.74) is 2.78. The summed E-state index contributed by atoms with van der Waals surface area (Å²) >= 11 is 0. The quantitative estimate of drug-likeness (QED) is 0.783. The number of nitrogens with one attached hydrogen (secondary N) is 1. The summed E-state index contributed by atoms with van der Waals surface area (Å²) in [6.07, 6.45) is 3.18. The van der Waals surface area contributed by atoms with Crippen molar-refractivity contribution in [2.45, 2.75) is 13.5 Å². The van der Waals surface area contributed by atoms with Gasteiger partial charge in [0.2, 0.25) is 0 Å². The topological polar surface area (TPSA) is 63.3 Å². The van der Waals surface area contributed by atoms with Gasteiger partial charge in [-0.2, -0.15) is 5.10 Å². The van der Waals surface area contributed by atoms with Crippen molar-refractivity contribution in [3.63, 3.8) is 0 Å². The molecule has 0 saturated heterocycles. The van der Waals surface area contributed by atoms with E-state index in [0.717, 1.165) is 11.3 Å². The molecule has 1 aromatic carbocycles. The highest BCUT2D eigenvalue weighted by atomic mass is 16.3. The number of aryl methyl sites for hydroxylation is 1. The zero-order valence-electron chi connectivity index (χ0n) is 14.0. The highest BCUT2D eigenvalue weighted by Crippen LogP contribution is 2.16. The average molecular weight is 324 g/mol. The Morgan fingerprint density at radius 2 is 1.96 bits per heavy atom. The third-order valence-electron chi connectivity index (χ3n) is 3.85. The molecule has 24 heavy (non-hydrogen) atoms. The van der Waals surface area contributed by atoms with Crippen molar-refractivity contribution in [1.29, 1.82) is 0 Å². The fraction of sp³-hybridized carbons (Fsp3) is 0.222. The van der Waals surface area contributed by atoms with E-state index in [1.165, 1.54) is 6.26 Å². The van der Waals surface area contributed by atoms with Gasteiger partial charge in [0.05, 0.1) is 24.6 Å². The molecule has 0 radical (unpaired) electrons. The minimum atomic E-state index is -0.203. The molecule has 3 rings (SSSR count). The molecule has 2 aromatic heterocycles. The van der Waals surface area contributed by atoms with E-state index in [1.54, 1.807) is 29.9 Å². The maximum absolute atomic E-state index is 12.3. The van der Waals surface area contributed by atoms with Crippen LogP contribution in [0, 0.1) is 6.92 Å². The molecule has 6 heteroatoms. The maximum Gasteiger partial charge on any atom is 0.260 e. The molecule has 0 aliphatic heterocycles. The normalized spacial score (nSPS) is 10.6. The van der Waals surface area contributed by atoms with Crippen molar-refractivity contribution in [2.75, 3.05) is 24.3 Å². The van der Waals surface area contributed by atoms with Gasteiger partial charge in [-0.25, -0.2) is 4.68 Å². The van der Waals surface area contributed by atoms with Gasteiger partial charge in [0, 0.05) is 25.8 Å². The Labute approximate surface area is 140 Å². The van der Waals surface area contributed by atoms with Gasteiger partial charge in [-0.15, -0.1) is 0 Å². The summed E-state index contributed by atoms with van der Waals surface area (Å²) in [6, 6.07) is 11.7. The summed E-state index contributed by atoms with van der Waals surface area (Å²) in [5.74, 6) is 1.04. The first-order valence-corrected chi connectivity index (χ1v) is 7.68. The molecular weight excluding hydrogens is 304 g/mol. The summed E-state index contributed by atoms with van der Waals surface area (Å²) < 4.78 is 6.94. The number of anilines is 2. The first-order chi connectivity index (χ1) is 11.5. The Kier molecular flexibility index (Phi) is 4.37. The molecule has 0 saturated carbocycles. The zero-order chi connectivity index (χ0) is 17.1. The first kappa shape index (κ1) is 15.9. The number of hydrogen-bond donors (Lipinski definition) is 1. The molecule has 3 aromatic rings. The lowest BCUT2D eigenvalue weighted by molar-refractivity contribution is 0.102. The number of aromatic nitrogens is 2. The standard InChI is InChI=1S/C18H20N4O2/c1-13-16(9-11-24-13)18(23)20-17-8-10-19-22(17)12-14-4-6-15(7-5-14)21(2)3/h4-11H,12H2,1-3H3,(H,20,23). The monoisotopic (exact) mass is 324 g/mol. The third kappa shape index (κ3) is 3.32. The Bertz CT molecular complexity index is 831. The molecule has 124 valence electrons. The SMILES string of the molecule is Cc1occc1C(=O)Nc1ccnn1Cc1ccc(N(C)C)cc1. The number of amides is 1. The van der Waals surface area contributed by atoms with E-state index < -0.39 is 0 Å². The van der Waals surface area contributed by atoms with Gasteiger partial charge in [0.15, 0.2) is 0 Å². The minimum Gasteiger partial charge on any atom is -0.469 e. The van der Waals surface area contributed by atoms with Crippen molar-refractivity contribution in [3.05, 3.63) is 65.7 Å². The molecule has 0 bridgehead atoms. The van der Waals surface area contributed by atoms with Gasteiger partial charge in [-0.3, -0.25) is 4.79 Å². The van der Waals surface area contributed by atoms with E-state index in [9.17, 15) is 4.79 Å². The third-order valence-corrected chi connectivity index (χ3v) is 3.85. The molecule has 0 unspecified atom stereocenters. The molecule has 0 spiro atoms. The van der Waals surface area contributed by atoms with Crippen molar-refractivity contribution in [2.24, 2.45) is 0 Å². The van der Waals surface area contributed by atoms with Gasteiger partial charge < -0.3 is 14.6 Å². The Morgan fingerprint density at radius 3 is 2.58 bits per heavy atom. The number of rotatable bonds is 5. The summed E-state index contributed by atoms with van der Waals surface area (Å²) in [5, 5.41) is 7.17. The van der Waals surface area contributed by atoms with Crippen LogP contribution in [0.2, 0.25) is 0 Å². The van der Waals surface area contributed by atoms with Gasteiger partial charge in [0.25, 0.3) is 5.91 Å². The number of benzene rings is 1. The van der Waals surface area contributed by atoms with E-state index in [0.29, 0.717) is 23.7 Å². The first-order valence-electron chi connectivity index (χ1n) is 7.68. The average Bonchev–Trinajstić information content (AvgIpc) is 3.17. The second-order valence-corrected chi connectivity index (χ2v) is 5.78. The summed E-state index contributed by atoms with van der Waals surface area (Å²) in [6.45, 7) is 2.35. The molecule has 0 atom stereocenters. The van der Waals surface area contributed by atoms with Crippen LogP contribution < -0.4 is 10.2 Å². The van der Waals surface area contributed by atoms with Crippen LogP contribution in [-0.4, -0.2) is 29.8 Å². The largest absolute Gasteiger partial charge is 0.469 e. The molecule has 0 aliphatic carbocycles. The number of hydrogen-bond acceptors (Lipinski definition) is 4.